The molecule has 0 atom stereocenters. The van der Waals surface area contributed by atoms with E-state index in [9.17, 15) is 0 Å². The summed E-state index contributed by atoms with van der Waals surface area (Å²) in [5, 5.41) is 0. The molecule has 3 nitrogen and oxygen atoms in total. The lowest BCUT2D eigenvalue weighted by Gasteiger charge is -2.30. The van der Waals surface area contributed by atoms with Crippen molar-refractivity contribution in [2.45, 2.75) is 32.0 Å². The lowest BCUT2D eigenvalue weighted by atomic mass is 9.98. The van der Waals surface area contributed by atoms with Crippen LogP contribution in [-0.2, 0) is 15.9 Å². The zero-order valence-corrected chi connectivity index (χ0v) is 13.0. The van der Waals surface area contributed by atoms with Gasteiger partial charge in [-0.25, -0.2) is 0 Å². The van der Waals surface area contributed by atoms with Gasteiger partial charge in [-0.1, -0.05) is 49.7 Å². The van der Waals surface area contributed by atoms with Gasteiger partial charge in [0.05, 0.1) is 13.2 Å². The van der Waals surface area contributed by atoms with Crippen LogP contribution in [-0.4, -0.2) is 13.2 Å². The molecule has 2 aromatic carbocycles. The Morgan fingerprint density at radius 3 is 2.09 bits per heavy atom. The molecule has 1 heterocycles. The van der Waals surface area contributed by atoms with E-state index in [4.69, 9.17) is 15.2 Å². The maximum atomic E-state index is 5.89. The number of nitrogens with two attached hydrogens (primary N) is 1. The Balaban J connectivity index is 1.60. The molecular formula is C19H23NO2. The van der Waals surface area contributed by atoms with E-state index in [2.05, 4.69) is 31.2 Å². The van der Waals surface area contributed by atoms with Crippen LogP contribution in [0.2, 0.25) is 0 Å². The molecule has 0 aliphatic carbocycles. The van der Waals surface area contributed by atoms with Crippen LogP contribution in [0.5, 0.6) is 0 Å². The lowest BCUT2D eigenvalue weighted by molar-refractivity contribution is -0.191. The predicted molar refractivity (Wildman–Crippen MR) is 88.7 cm³/mol. The van der Waals surface area contributed by atoms with E-state index in [0.29, 0.717) is 19.1 Å². The van der Waals surface area contributed by atoms with Gasteiger partial charge in [-0.05, 0) is 29.7 Å². The number of hydrogen-bond acceptors (Lipinski definition) is 3. The van der Waals surface area contributed by atoms with Crippen molar-refractivity contribution in [2.75, 3.05) is 18.9 Å². The van der Waals surface area contributed by atoms with Gasteiger partial charge in [0.25, 0.3) is 0 Å². The van der Waals surface area contributed by atoms with Crippen LogP contribution in [0.15, 0.2) is 48.5 Å². The van der Waals surface area contributed by atoms with Crippen molar-refractivity contribution in [3.05, 3.63) is 65.2 Å². The van der Waals surface area contributed by atoms with Crippen LogP contribution >= 0.6 is 0 Å². The van der Waals surface area contributed by atoms with E-state index in [1.54, 1.807) is 0 Å². The molecule has 1 aliphatic rings. The molecule has 1 saturated heterocycles. The topological polar surface area (TPSA) is 44.5 Å². The first-order valence-corrected chi connectivity index (χ1v) is 7.93. The fourth-order valence-electron chi connectivity index (χ4n) is 2.79. The zero-order chi connectivity index (χ0) is 15.4. The summed E-state index contributed by atoms with van der Waals surface area (Å²) in [7, 11) is 0. The van der Waals surface area contributed by atoms with Crippen molar-refractivity contribution in [3.63, 3.8) is 0 Å². The molecule has 0 bridgehead atoms. The first-order chi connectivity index (χ1) is 10.8. The summed E-state index contributed by atoms with van der Waals surface area (Å²) in [6.45, 7) is 3.57. The van der Waals surface area contributed by atoms with E-state index in [-0.39, 0.29) is 6.29 Å². The van der Waals surface area contributed by atoms with Crippen molar-refractivity contribution in [1.82, 2.24) is 0 Å². The molecule has 22 heavy (non-hydrogen) atoms. The second-order valence-electron chi connectivity index (χ2n) is 5.85. The van der Waals surface area contributed by atoms with Crippen LogP contribution in [0.3, 0.4) is 0 Å². The third-order valence-electron chi connectivity index (χ3n) is 4.10. The summed E-state index contributed by atoms with van der Waals surface area (Å²) in [5.41, 5.74) is 10.2. The first-order valence-electron chi connectivity index (χ1n) is 7.93. The molecule has 1 fully saturated rings. The average molecular weight is 297 g/mol. The first kappa shape index (κ1) is 15.1. The van der Waals surface area contributed by atoms with Crippen LogP contribution < -0.4 is 5.73 Å². The number of aryl methyl sites for hydroxylation is 1. The summed E-state index contributed by atoms with van der Waals surface area (Å²) >= 11 is 0. The molecule has 2 N–H and O–H groups in total. The number of ether oxygens (including phenoxy) is 2. The third-order valence-corrected chi connectivity index (χ3v) is 4.10. The predicted octanol–water partition coefficient (Wildman–Crippen LogP) is 4.05. The number of rotatable bonds is 4. The molecule has 0 saturated carbocycles. The van der Waals surface area contributed by atoms with Crippen molar-refractivity contribution >= 4 is 5.69 Å². The average Bonchev–Trinajstić information content (AvgIpc) is 2.57. The smallest absolute Gasteiger partial charge is 0.183 e. The van der Waals surface area contributed by atoms with Gasteiger partial charge in [-0.2, -0.15) is 0 Å². The molecule has 0 aromatic heterocycles. The van der Waals surface area contributed by atoms with Crippen molar-refractivity contribution in [2.24, 2.45) is 0 Å². The maximum Gasteiger partial charge on any atom is 0.183 e. The van der Waals surface area contributed by atoms with E-state index < -0.39 is 0 Å². The number of hydrogen-bond donors (Lipinski definition) is 1. The van der Waals surface area contributed by atoms with Crippen molar-refractivity contribution in [3.8, 4) is 0 Å². The van der Waals surface area contributed by atoms with Gasteiger partial charge < -0.3 is 15.2 Å². The van der Waals surface area contributed by atoms with Crippen LogP contribution in [0.4, 0.5) is 5.69 Å². The minimum Gasteiger partial charge on any atom is -0.399 e. The Labute approximate surface area is 132 Å². The van der Waals surface area contributed by atoms with Gasteiger partial charge in [0.2, 0.25) is 0 Å². The summed E-state index contributed by atoms with van der Waals surface area (Å²) in [4.78, 5) is 0. The molecule has 1 aliphatic heterocycles. The summed E-state index contributed by atoms with van der Waals surface area (Å²) in [5.74, 6) is 0.306. The van der Waals surface area contributed by atoms with E-state index in [1.807, 2.05) is 24.3 Å². The third kappa shape index (κ3) is 3.49. The van der Waals surface area contributed by atoms with E-state index >= 15 is 0 Å². The van der Waals surface area contributed by atoms with Gasteiger partial charge in [-0.15, -0.1) is 0 Å². The van der Waals surface area contributed by atoms with Crippen LogP contribution in [0.1, 0.15) is 42.2 Å². The highest BCUT2D eigenvalue weighted by Crippen LogP contribution is 2.30. The fourth-order valence-corrected chi connectivity index (χ4v) is 2.79. The van der Waals surface area contributed by atoms with Gasteiger partial charge >= 0.3 is 0 Å². The molecule has 0 unspecified atom stereocenters. The second-order valence-corrected chi connectivity index (χ2v) is 5.85. The summed E-state index contributed by atoms with van der Waals surface area (Å²) in [6, 6.07) is 16.5. The fraction of sp³-hybridized carbons (Fsp3) is 0.368. The van der Waals surface area contributed by atoms with Gasteiger partial charge in [-0.3, -0.25) is 0 Å². The van der Waals surface area contributed by atoms with Crippen molar-refractivity contribution < 1.29 is 9.47 Å². The molecule has 3 rings (SSSR count). The number of nitrogen functional groups attached to an aromatic ring is 1. The Bertz CT molecular complexity index is 584. The molecule has 0 amide bonds. The lowest BCUT2D eigenvalue weighted by Crippen LogP contribution is -2.25. The second kappa shape index (κ2) is 6.95. The highest BCUT2D eigenvalue weighted by atomic mass is 16.7. The maximum absolute atomic E-state index is 5.89. The number of benzene rings is 2. The molecule has 116 valence electrons. The zero-order valence-electron chi connectivity index (χ0n) is 13.0. The molecule has 3 heteroatoms. The quantitative estimate of drug-likeness (QED) is 0.866. The summed E-state index contributed by atoms with van der Waals surface area (Å²) in [6.07, 6.45) is 2.03. The summed E-state index contributed by atoms with van der Waals surface area (Å²) < 4.78 is 11.8. The standard InChI is InChI=1S/C19H23NO2/c1-2-3-14-4-6-15(7-5-14)17-12-21-19(22-13-17)16-8-10-18(20)11-9-16/h4-11,17,19H,2-3,12-13,20H2,1H3/t17-,19-. The SMILES string of the molecule is CCCc1ccc([C@H]2CO[C@H](c3ccc(N)cc3)OC2)cc1. The molecular weight excluding hydrogens is 274 g/mol. The van der Waals surface area contributed by atoms with Gasteiger partial charge in [0.1, 0.15) is 0 Å². The minimum absolute atomic E-state index is 0.281. The van der Waals surface area contributed by atoms with Crippen LogP contribution in [0.25, 0.3) is 0 Å². The normalized spacial score (nSPS) is 21.7. The number of anilines is 1. The highest BCUT2D eigenvalue weighted by Gasteiger charge is 2.24. The monoisotopic (exact) mass is 297 g/mol. The molecule has 2 aromatic rings. The Hall–Kier alpha value is -1.84. The Kier molecular flexibility index (Phi) is 4.76. The molecule has 0 spiro atoms. The molecule has 0 radical (unpaired) electrons. The Morgan fingerprint density at radius 1 is 0.909 bits per heavy atom. The highest BCUT2D eigenvalue weighted by molar-refractivity contribution is 5.39. The Morgan fingerprint density at radius 2 is 1.50 bits per heavy atom. The van der Waals surface area contributed by atoms with Gasteiger partial charge in [0, 0.05) is 17.2 Å². The van der Waals surface area contributed by atoms with E-state index in [0.717, 1.165) is 17.7 Å². The van der Waals surface area contributed by atoms with Crippen LogP contribution in [0, 0.1) is 0 Å². The van der Waals surface area contributed by atoms with Gasteiger partial charge in [0.15, 0.2) is 6.29 Å². The largest absolute Gasteiger partial charge is 0.399 e. The minimum atomic E-state index is -0.281. The van der Waals surface area contributed by atoms with E-state index in [1.165, 1.54) is 17.5 Å². The van der Waals surface area contributed by atoms with Crippen molar-refractivity contribution in [1.29, 1.82) is 0 Å².